The van der Waals surface area contributed by atoms with Crippen molar-refractivity contribution in [2.45, 2.75) is 0 Å². The first-order valence-corrected chi connectivity index (χ1v) is 8.65. The Kier molecular flexibility index (Phi) is 4.72. The lowest BCUT2D eigenvalue weighted by Gasteiger charge is -2.07. The van der Waals surface area contributed by atoms with E-state index in [1.165, 1.54) is 24.3 Å². The van der Waals surface area contributed by atoms with Gasteiger partial charge < -0.3 is 9.47 Å². The highest BCUT2D eigenvalue weighted by Crippen LogP contribution is 2.34. The van der Waals surface area contributed by atoms with E-state index in [9.17, 15) is 14.0 Å². The highest BCUT2D eigenvalue weighted by molar-refractivity contribution is 6.14. The summed E-state index contributed by atoms with van der Waals surface area (Å²) in [6.07, 6.45) is 1.68. The maximum absolute atomic E-state index is 12.9. The molecule has 4 rings (SSSR count). The van der Waals surface area contributed by atoms with Crippen molar-refractivity contribution in [2.24, 2.45) is 0 Å². The molecular formula is C23H15FO4. The predicted molar refractivity (Wildman–Crippen MR) is 102 cm³/mol. The zero-order valence-corrected chi connectivity index (χ0v) is 14.7. The van der Waals surface area contributed by atoms with Gasteiger partial charge in [0.1, 0.15) is 17.3 Å². The average molecular weight is 374 g/mol. The lowest BCUT2D eigenvalue weighted by molar-refractivity contribution is 0.0920. The van der Waals surface area contributed by atoms with Crippen molar-refractivity contribution >= 4 is 17.6 Å². The van der Waals surface area contributed by atoms with Crippen LogP contribution in [0.25, 0.3) is 6.08 Å². The van der Waals surface area contributed by atoms with Crippen LogP contribution in [0.15, 0.2) is 78.6 Å². The molecule has 28 heavy (non-hydrogen) atoms. The molecule has 1 aliphatic heterocycles. The highest BCUT2D eigenvalue weighted by Gasteiger charge is 2.27. The molecule has 3 aromatic rings. The zero-order valence-electron chi connectivity index (χ0n) is 14.7. The number of rotatable bonds is 5. The Morgan fingerprint density at radius 2 is 1.75 bits per heavy atom. The molecule has 1 aliphatic rings. The van der Waals surface area contributed by atoms with Gasteiger partial charge in [0.15, 0.2) is 18.1 Å². The normalized spacial score (nSPS) is 13.9. The van der Waals surface area contributed by atoms with Gasteiger partial charge in [-0.1, -0.05) is 30.3 Å². The smallest absolute Gasteiger partial charge is 0.231 e. The number of Topliss-reactive ketones (excluding diaryl/α,β-unsaturated/α-hetero) is 2. The largest absolute Gasteiger partial charge is 0.485 e. The average Bonchev–Trinajstić information content (AvgIpc) is 3.02. The maximum atomic E-state index is 12.9. The van der Waals surface area contributed by atoms with Crippen LogP contribution in [0.2, 0.25) is 0 Å². The van der Waals surface area contributed by atoms with E-state index >= 15 is 0 Å². The van der Waals surface area contributed by atoms with Crippen molar-refractivity contribution in [1.82, 2.24) is 0 Å². The molecule has 4 nitrogen and oxygen atoms in total. The Hall–Kier alpha value is -3.73. The van der Waals surface area contributed by atoms with Gasteiger partial charge in [-0.05, 0) is 48.0 Å². The number of carbonyl (C=O) groups excluding carboxylic acids is 2. The van der Waals surface area contributed by atoms with Gasteiger partial charge in [0.05, 0.1) is 5.56 Å². The number of ketones is 2. The van der Waals surface area contributed by atoms with Gasteiger partial charge in [0, 0.05) is 11.6 Å². The molecule has 0 aromatic heterocycles. The SMILES string of the molecule is O=C(COc1ccc2c(c1)OC(=Cc1ccccc1)C2=O)c1ccc(F)cc1. The third-order valence-corrected chi connectivity index (χ3v) is 4.27. The van der Waals surface area contributed by atoms with E-state index in [0.29, 0.717) is 22.6 Å². The summed E-state index contributed by atoms with van der Waals surface area (Å²) in [4.78, 5) is 24.6. The standard InChI is InChI=1S/C23H15FO4/c24-17-8-6-16(7-9-17)20(25)14-27-18-10-11-19-21(13-18)28-22(23(19)26)12-15-4-2-1-3-5-15/h1-13H,14H2. The molecule has 0 spiro atoms. The molecule has 0 saturated heterocycles. The Balaban J connectivity index is 1.46. The Bertz CT molecular complexity index is 1070. The van der Waals surface area contributed by atoms with Crippen LogP contribution in [0.3, 0.4) is 0 Å². The fourth-order valence-electron chi connectivity index (χ4n) is 2.83. The monoisotopic (exact) mass is 374 g/mol. The number of benzene rings is 3. The van der Waals surface area contributed by atoms with Gasteiger partial charge in [-0.3, -0.25) is 9.59 Å². The molecule has 0 atom stereocenters. The predicted octanol–water partition coefficient (Wildman–Crippen LogP) is 4.70. The van der Waals surface area contributed by atoms with Crippen LogP contribution in [0, 0.1) is 5.82 Å². The first kappa shape index (κ1) is 17.7. The van der Waals surface area contributed by atoms with Crippen LogP contribution < -0.4 is 9.47 Å². The van der Waals surface area contributed by atoms with Crippen molar-refractivity contribution in [2.75, 3.05) is 6.61 Å². The quantitative estimate of drug-likeness (QED) is 0.480. The topological polar surface area (TPSA) is 52.6 Å². The Morgan fingerprint density at radius 3 is 2.50 bits per heavy atom. The van der Waals surface area contributed by atoms with Gasteiger partial charge in [0.25, 0.3) is 0 Å². The molecular weight excluding hydrogens is 359 g/mol. The molecule has 0 radical (unpaired) electrons. The third kappa shape index (κ3) is 3.69. The van der Waals surface area contributed by atoms with E-state index in [1.807, 2.05) is 30.3 Å². The first-order valence-electron chi connectivity index (χ1n) is 8.65. The number of hydrogen-bond donors (Lipinski definition) is 0. The lowest BCUT2D eigenvalue weighted by atomic mass is 10.1. The fraction of sp³-hybridized carbons (Fsp3) is 0.0435. The molecule has 3 aromatic carbocycles. The molecule has 138 valence electrons. The third-order valence-electron chi connectivity index (χ3n) is 4.27. The molecule has 5 heteroatoms. The minimum atomic E-state index is -0.405. The summed E-state index contributed by atoms with van der Waals surface area (Å²) in [7, 11) is 0. The summed E-state index contributed by atoms with van der Waals surface area (Å²) in [6, 6.07) is 19.5. The van der Waals surface area contributed by atoms with E-state index in [0.717, 1.165) is 5.56 Å². The van der Waals surface area contributed by atoms with Crippen LogP contribution in [-0.2, 0) is 0 Å². The Labute approximate surface area is 160 Å². The summed E-state index contributed by atoms with van der Waals surface area (Å²) >= 11 is 0. The van der Waals surface area contributed by atoms with Crippen molar-refractivity contribution in [3.63, 3.8) is 0 Å². The van der Waals surface area contributed by atoms with Crippen LogP contribution in [0.4, 0.5) is 4.39 Å². The number of carbonyl (C=O) groups is 2. The molecule has 0 unspecified atom stereocenters. The van der Waals surface area contributed by atoms with Crippen molar-refractivity contribution in [1.29, 1.82) is 0 Å². The summed E-state index contributed by atoms with van der Waals surface area (Å²) < 4.78 is 24.1. The molecule has 0 amide bonds. The lowest BCUT2D eigenvalue weighted by Crippen LogP contribution is -2.11. The van der Waals surface area contributed by atoms with E-state index in [2.05, 4.69) is 0 Å². The second kappa shape index (κ2) is 7.48. The van der Waals surface area contributed by atoms with E-state index in [1.54, 1.807) is 24.3 Å². The van der Waals surface area contributed by atoms with Crippen LogP contribution in [0.5, 0.6) is 11.5 Å². The summed E-state index contributed by atoms with van der Waals surface area (Å²) in [5.74, 6) is 0.148. The molecule has 0 aliphatic carbocycles. The van der Waals surface area contributed by atoms with E-state index < -0.39 is 5.82 Å². The molecule has 1 heterocycles. The number of hydrogen-bond acceptors (Lipinski definition) is 4. The van der Waals surface area contributed by atoms with Gasteiger partial charge >= 0.3 is 0 Å². The second-order valence-corrected chi connectivity index (χ2v) is 6.23. The molecule has 0 N–H and O–H groups in total. The van der Waals surface area contributed by atoms with Gasteiger partial charge in [-0.15, -0.1) is 0 Å². The minimum Gasteiger partial charge on any atom is -0.485 e. The van der Waals surface area contributed by atoms with Gasteiger partial charge in [-0.2, -0.15) is 0 Å². The van der Waals surface area contributed by atoms with E-state index in [-0.39, 0.29) is 23.9 Å². The number of halogens is 1. The Morgan fingerprint density at radius 1 is 1.00 bits per heavy atom. The zero-order chi connectivity index (χ0) is 19.5. The molecule has 0 saturated carbocycles. The van der Waals surface area contributed by atoms with Gasteiger partial charge in [0.2, 0.25) is 5.78 Å². The van der Waals surface area contributed by atoms with Crippen LogP contribution in [-0.4, -0.2) is 18.2 Å². The van der Waals surface area contributed by atoms with Crippen molar-refractivity contribution < 1.29 is 23.5 Å². The molecule has 0 bridgehead atoms. The second-order valence-electron chi connectivity index (χ2n) is 6.23. The van der Waals surface area contributed by atoms with Gasteiger partial charge in [-0.25, -0.2) is 4.39 Å². The fourth-order valence-corrected chi connectivity index (χ4v) is 2.83. The summed E-state index contributed by atoms with van der Waals surface area (Å²) in [5, 5.41) is 0. The van der Waals surface area contributed by atoms with Crippen LogP contribution in [0.1, 0.15) is 26.3 Å². The first-order chi connectivity index (χ1) is 13.6. The number of fused-ring (bicyclic) bond motifs is 1. The number of allylic oxidation sites excluding steroid dienone is 1. The van der Waals surface area contributed by atoms with Crippen molar-refractivity contribution in [3.8, 4) is 11.5 Å². The summed E-state index contributed by atoms with van der Waals surface area (Å²) in [5.41, 5.74) is 1.67. The van der Waals surface area contributed by atoms with Crippen LogP contribution >= 0.6 is 0 Å². The molecule has 0 fully saturated rings. The maximum Gasteiger partial charge on any atom is 0.231 e. The van der Waals surface area contributed by atoms with Crippen molar-refractivity contribution in [3.05, 3.63) is 101 Å². The summed E-state index contributed by atoms with van der Waals surface area (Å²) in [6.45, 7) is -0.203. The highest BCUT2D eigenvalue weighted by atomic mass is 19.1. The number of ether oxygens (including phenoxy) is 2. The minimum absolute atomic E-state index is 0.201. The van der Waals surface area contributed by atoms with E-state index in [4.69, 9.17) is 9.47 Å².